The Balaban J connectivity index is 2.19. The molecule has 0 unspecified atom stereocenters. The number of ketones is 1. The molecule has 3 heteroatoms. The molecule has 0 spiro atoms. The van der Waals surface area contributed by atoms with Crippen molar-refractivity contribution in [1.82, 2.24) is 4.90 Å². The molecule has 1 saturated carbocycles. The van der Waals surface area contributed by atoms with Crippen LogP contribution in [0.25, 0.3) is 0 Å². The average molecular weight is 280 g/mol. The summed E-state index contributed by atoms with van der Waals surface area (Å²) in [6.07, 6.45) is 5.93. The van der Waals surface area contributed by atoms with Gasteiger partial charge in [-0.3, -0.25) is 9.69 Å². The SMILES string of the molecule is CN(C)C1(C(=O)Cc2ccccc2Cl)CCCCC1. The quantitative estimate of drug-likeness (QED) is 0.837. The molecule has 0 radical (unpaired) electrons. The fourth-order valence-corrected chi connectivity index (χ4v) is 3.29. The summed E-state index contributed by atoms with van der Waals surface area (Å²) in [6.45, 7) is 0. The van der Waals surface area contributed by atoms with Crippen LogP contribution in [0.4, 0.5) is 0 Å². The van der Waals surface area contributed by atoms with E-state index in [2.05, 4.69) is 4.90 Å². The van der Waals surface area contributed by atoms with Gasteiger partial charge in [0.1, 0.15) is 0 Å². The van der Waals surface area contributed by atoms with E-state index in [0.717, 1.165) is 31.2 Å². The lowest BCUT2D eigenvalue weighted by Crippen LogP contribution is -2.53. The molecule has 0 atom stereocenters. The summed E-state index contributed by atoms with van der Waals surface area (Å²) in [7, 11) is 4.05. The van der Waals surface area contributed by atoms with E-state index >= 15 is 0 Å². The fourth-order valence-electron chi connectivity index (χ4n) is 3.09. The van der Waals surface area contributed by atoms with Crippen LogP contribution in [0.2, 0.25) is 5.02 Å². The summed E-state index contributed by atoms with van der Waals surface area (Å²) in [4.78, 5) is 14.9. The zero-order valence-electron chi connectivity index (χ0n) is 11.8. The smallest absolute Gasteiger partial charge is 0.157 e. The van der Waals surface area contributed by atoms with Gasteiger partial charge in [-0.1, -0.05) is 49.1 Å². The van der Waals surface area contributed by atoms with E-state index in [4.69, 9.17) is 11.6 Å². The number of Topliss-reactive ketones (excluding diaryl/α,β-unsaturated/α-hetero) is 1. The first-order valence-corrected chi connectivity index (χ1v) is 7.38. The lowest BCUT2D eigenvalue weighted by Gasteiger charge is -2.41. The maximum atomic E-state index is 12.8. The fraction of sp³-hybridized carbons (Fsp3) is 0.562. The van der Waals surface area contributed by atoms with Crippen molar-refractivity contribution in [2.45, 2.75) is 44.1 Å². The predicted molar refractivity (Wildman–Crippen MR) is 79.7 cm³/mol. The molecule has 2 nitrogen and oxygen atoms in total. The van der Waals surface area contributed by atoms with Crippen LogP contribution in [0.1, 0.15) is 37.7 Å². The van der Waals surface area contributed by atoms with Crippen molar-refractivity contribution in [3.63, 3.8) is 0 Å². The topological polar surface area (TPSA) is 20.3 Å². The van der Waals surface area contributed by atoms with Gasteiger partial charge in [0.05, 0.1) is 5.54 Å². The largest absolute Gasteiger partial charge is 0.297 e. The van der Waals surface area contributed by atoms with E-state index < -0.39 is 0 Å². The van der Waals surface area contributed by atoms with Crippen molar-refractivity contribution in [3.8, 4) is 0 Å². The Morgan fingerprint density at radius 1 is 1.21 bits per heavy atom. The highest BCUT2D eigenvalue weighted by molar-refractivity contribution is 6.31. The molecule has 1 aliphatic carbocycles. The Morgan fingerprint density at radius 2 is 1.84 bits per heavy atom. The molecule has 0 aliphatic heterocycles. The number of nitrogens with zero attached hydrogens (tertiary/aromatic N) is 1. The Kier molecular flexibility index (Phi) is 4.64. The first kappa shape index (κ1) is 14.5. The minimum Gasteiger partial charge on any atom is -0.297 e. The molecular weight excluding hydrogens is 258 g/mol. The first-order valence-electron chi connectivity index (χ1n) is 7.00. The van der Waals surface area contributed by atoms with Gasteiger partial charge in [-0.2, -0.15) is 0 Å². The zero-order valence-corrected chi connectivity index (χ0v) is 12.5. The molecule has 1 fully saturated rings. The van der Waals surface area contributed by atoms with E-state index in [1.54, 1.807) is 0 Å². The number of hydrogen-bond acceptors (Lipinski definition) is 2. The molecule has 0 bridgehead atoms. The third-order valence-corrected chi connectivity index (χ3v) is 4.73. The highest BCUT2D eigenvalue weighted by atomic mass is 35.5. The van der Waals surface area contributed by atoms with Crippen LogP contribution in [0.15, 0.2) is 24.3 Å². The van der Waals surface area contributed by atoms with Crippen LogP contribution >= 0.6 is 11.6 Å². The monoisotopic (exact) mass is 279 g/mol. The van der Waals surface area contributed by atoms with Crippen LogP contribution in [-0.2, 0) is 11.2 Å². The first-order chi connectivity index (χ1) is 9.06. The molecule has 0 heterocycles. The molecule has 104 valence electrons. The van der Waals surface area contributed by atoms with Gasteiger partial charge in [0.15, 0.2) is 5.78 Å². The number of likely N-dealkylation sites (N-methyl/N-ethyl adjacent to an activating group) is 1. The van der Waals surface area contributed by atoms with Crippen LogP contribution in [0.3, 0.4) is 0 Å². The number of rotatable bonds is 4. The molecule has 0 N–H and O–H groups in total. The molecule has 0 saturated heterocycles. The molecule has 1 aromatic carbocycles. The second kappa shape index (κ2) is 6.06. The van der Waals surface area contributed by atoms with Crippen molar-refractivity contribution in [3.05, 3.63) is 34.9 Å². The van der Waals surface area contributed by atoms with Crippen molar-refractivity contribution in [1.29, 1.82) is 0 Å². The van der Waals surface area contributed by atoms with Crippen LogP contribution < -0.4 is 0 Å². The number of benzene rings is 1. The summed E-state index contributed by atoms with van der Waals surface area (Å²) in [5.41, 5.74) is 0.665. The van der Waals surface area contributed by atoms with Crippen LogP contribution in [0, 0.1) is 0 Å². The van der Waals surface area contributed by atoms with Gasteiger partial charge >= 0.3 is 0 Å². The Bertz CT molecular complexity index is 450. The Hall–Kier alpha value is -0.860. The number of halogens is 1. The van der Waals surface area contributed by atoms with Crippen LogP contribution in [0.5, 0.6) is 0 Å². The van der Waals surface area contributed by atoms with Gasteiger partial charge < -0.3 is 0 Å². The number of carbonyl (C=O) groups is 1. The van der Waals surface area contributed by atoms with Crippen LogP contribution in [-0.4, -0.2) is 30.3 Å². The zero-order chi connectivity index (χ0) is 13.9. The molecule has 1 aromatic rings. The van der Waals surface area contributed by atoms with Crippen molar-refractivity contribution < 1.29 is 4.79 Å². The van der Waals surface area contributed by atoms with Gasteiger partial charge in [-0.05, 0) is 38.6 Å². The number of hydrogen-bond donors (Lipinski definition) is 0. The number of carbonyl (C=O) groups excluding carboxylic acids is 1. The molecule has 1 aliphatic rings. The average Bonchev–Trinajstić information content (AvgIpc) is 2.42. The minimum absolute atomic E-state index is 0.280. The molecule has 0 amide bonds. The molecular formula is C16H22ClNO. The second-order valence-corrected chi connectivity index (χ2v) is 6.09. The third-order valence-electron chi connectivity index (χ3n) is 4.36. The summed E-state index contributed by atoms with van der Waals surface area (Å²) in [5.74, 6) is 0.310. The summed E-state index contributed by atoms with van der Waals surface area (Å²) >= 11 is 6.17. The van der Waals surface area contributed by atoms with E-state index in [1.165, 1.54) is 6.42 Å². The molecule has 0 aromatic heterocycles. The van der Waals surface area contributed by atoms with Crippen molar-refractivity contribution in [2.75, 3.05) is 14.1 Å². The molecule has 2 rings (SSSR count). The van der Waals surface area contributed by atoms with Gasteiger partial charge in [-0.25, -0.2) is 0 Å². The van der Waals surface area contributed by atoms with E-state index in [-0.39, 0.29) is 5.54 Å². The second-order valence-electron chi connectivity index (χ2n) is 5.68. The van der Waals surface area contributed by atoms with Gasteiger partial charge in [-0.15, -0.1) is 0 Å². The summed E-state index contributed by atoms with van der Waals surface area (Å²) in [5, 5.41) is 0.695. The van der Waals surface area contributed by atoms with Gasteiger partial charge in [0.25, 0.3) is 0 Å². The van der Waals surface area contributed by atoms with Crippen molar-refractivity contribution in [2.24, 2.45) is 0 Å². The van der Waals surface area contributed by atoms with E-state index in [1.807, 2.05) is 38.4 Å². The van der Waals surface area contributed by atoms with Gasteiger partial charge in [0, 0.05) is 11.4 Å². The lowest BCUT2D eigenvalue weighted by atomic mass is 9.76. The van der Waals surface area contributed by atoms with E-state index in [0.29, 0.717) is 17.2 Å². The Morgan fingerprint density at radius 3 is 2.42 bits per heavy atom. The normalized spacial score (nSPS) is 18.5. The lowest BCUT2D eigenvalue weighted by molar-refractivity contribution is -0.131. The highest BCUT2D eigenvalue weighted by Crippen LogP contribution is 2.34. The van der Waals surface area contributed by atoms with E-state index in [9.17, 15) is 4.79 Å². The summed E-state index contributed by atoms with van der Waals surface area (Å²) in [6, 6.07) is 7.65. The standard InChI is InChI=1S/C16H22ClNO/c1-18(2)16(10-6-3-7-11-16)15(19)12-13-8-4-5-9-14(13)17/h4-5,8-9H,3,6-7,10-12H2,1-2H3. The highest BCUT2D eigenvalue weighted by Gasteiger charge is 2.40. The maximum Gasteiger partial charge on any atom is 0.157 e. The Labute approximate surface area is 120 Å². The van der Waals surface area contributed by atoms with Crippen molar-refractivity contribution >= 4 is 17.4 Å². The predicted octanol–water partition coefficient (Wildman–Crippen LogP) is 3.72. The molecule has 19 heavy (non-hydrogen) atoms. The summed E-state index contributed by atoms with van der Waals surface area (Å²) < 4.78 is 0. The minimum atomic E-state index is -0.280. The third kappa shape index (κ3) is 3.01. The maximum absolute atomic E-state index is 12.8. The van der Waals surface area contributed by atoms with Gasteiger partial charge in [0.2, 0.25) is 0 Å².